The highest BCUT2D eigenvalue weighted by molar-refractivity contribution is 7.89. The van der Waals surface area contributed by atoms with Crippen molar-refractivity contribution in [3.63, 3.8) is 0 Å². The van der Waals surface area contributed by atoms with Crippen molar-refractivity contribution in [2.45, 2.75) is 37.1 Å². The first-order valence-electron chi connectivity index (χ1n) is 11.3. The number of aromatic nitrogens is 1. The fourth-order valence-corrected chi connectivity index (χ4v) is 6.91. The van der Waals surface area contributed by atoms with Gasteiger partial charge in [0.1, 0.15) is 5.01 Å². The van der Waals surface area contributed by atoms with Gasteiger partial charge in [-0.25, -0.2) is 13.4 Å². The van der Waals surface area contributed by atoms with E-state index >= 15 is 0 Å². The second kappa shape index (κ2) is 9.29. The lowest BCUT2D eigenvalue weighted by Gasteiger charge is -2.32. The summed E-state index contributed by atoms with van der Waals surface area (Å²) in [6, 6.07) is 21.7. The van der Waals surface area contributed by atoms with Crippen molar-refractivity contribution in [3.8, 4) is 10.6 Å². The number of fused-ring (bicyclic) bond motifs is 1. The van der Waals surface area contributed by atoms with E-state index in [0.29, 0.717) is 17.8 Å². The van der Waals surface area contributed by atoms with Crippen LogP contribution >= 0.6 is 11.3 Å². The maximum atomic E-state index is 13.0. The highest BCUT2D eigenvalue weighted by atomic mass is 32.2. The number of sulfonamides is 1. The van der Waals surface area contributed by atoms with E-state index in [4.69, 9.17) is 0 Å². The topological polar surface area (TPSA) is 79.4 Å². The summed E-state index contributed by atoms with van der Waals surface area (Å²) in [6.07, 6.45) is 2.80. The van der Waals surface area contributed by atoms with E-state index in [0.717, 1.165) is 40.1 Å². The maximum Gasteiger partial charge on any atom is 0.255 e. The van der Waals surface area contributed by atoms with Gasteiger partial charge in [0.2, 0.25) is 10.0 Å². The van der Waals surface area contributed by atoms with Crippen LogP contribution in [-0.4, -0.2) is 36.2 Å². The standard InChI is InChI=1S/C26H25N3O3S2/c1-18-6-4-5-17-29(18)34(31,32)22-15-11-19(12-16-22)25(30)27-21-13-9-20(10-14-21)26-28-23-7-2-3-8-24(23)33-26/h2-3,7-16,18H,4-6,17H2,1H3,(H,27,30)/t18-/m0/s1. The number of para-hydroxylation sites is 1. The van der Waals surface area contributed by atoms with Crippen molar-refractivity contribution in [1.29, 1.82) is 0 Å². The molecule has 1 fully saturated rings. The van der Waals surface area contributed by atoms with Crippen molar-refractivity contribution in [3.05, 3.63) is 78.4 Å². The zero-order valence-corrected chi connectivity index (χ0v) is 20.4. The molecule has 0 unspecified atom stereocenters. The van der Waals surface area contributed by atoms with Crippen LogP contribution in [0.5, 0.6) is 0 Å². The number of carbonyl (C=O) groups excluding carboxylic acids is 1. The Morgan fingerprint density at radius 1 is 1.00 bits per heavy atom. The molecule has 0 radical (unpaired) electrons. The van der Waals surface area contributed by atoms with Crippen LogP contribution in [0.3, 0.4) is 0 Å². The Labute approximate surface area is 203 Å². The van der Waals surface area contributed by atoms with E-state index in [1.165, 1.54) is 12.1 Å². The SMILES string of the molecule is C[C@H]1CCCCN1S(=O)(=O)c1ccc(C(=O)Nc2ccc(-c3nc4ccccc4s3)cc2)cc1. The van der Waals surface area contributed by atoms with E-state index in [-0.39, 0.29) is 16.8 Å². The second-order valence-electron chi connectivity index (χ2n) is 8.50. The highest BCUT2D eigenvalue weighted by Gasteiger charge is 2.30. The average Bonchev–Trinajstić information content (AvgIpc) is 3.29. The fourth-order valence-electron chi connectivity index (χ4n) is 4.24. The first-order valence-corrected chi connectivity index (χ1v) is 13.6. The third-order valence-corrected chi connectivity index (χ3v) is 9.26. The van der Waals surface area contributed by atoms with E-state index in [1.807, 2.05) is 49.4 Å². The average molecular weight is 492 g/mol. The predicted molar refractivity (Wildman–Crippen MR) is 137 cm³/mol. The van der Waals surface area contributed by atoms with Gasteiger partial charge in [0.05, 0.1) is 15.1 Å². The third-order valence-electron chi connectivity index (χ3n) is 6.15. The number of anilines is 1. The molecule has 5 rings (SSSR count). The summed E-state index contributed by atoms with van der Waals surface area (Å²) in [5.74, 6) is -0.289. The van der Waals surface area contributed by atoms with Gasteiger partial charge in [-0.15, -0.1) is 11.3 Å². The second-order valence-corrected chi connectivity index (χ2v) is 11.4. The zero-order chi connectivity index (χ0) is 23.7. The van der Waals surface area contributed by atoms with Crippen LogP contribution in [0.1, 0.15) is 36.5 Å². The Hall–Kier alpha value is -3.07. The number of piperidine rings is 1. The van der Waals surface area contributed by atoms with Crippen LogP contribution in [0.25, 0.3) is 20.8 Å². The number of hydrogen-bond donors (Lipinski definition) is 1. The molecule has 1 amide bonds. The lowest BCUT2D eigenvalue weighted by molar-refractivity contribution is 0.102. The molecule has 1 aliphatic rings. The quantitative estimate of drug-likeness (QED) is 0.384. The normalized spacial score (nSPS) is 17.0. The Morgan fingerprint density at radius 2 is 1.74 bits per heavy atom. The van der Waals surface area contributed by atoms with Gasteiger partial charge in [-0.3, -0.25) is 4.79 Å². The van der Waals surface area contributed by atoms with Crippen molar-refractivity contribution in [2.75, 3.05) is 11.9 Å². The minimum Gasteiger partial charge on any atom is -0.322 e. The van der Waals surface area contributed by atoms with Crippen molar-refractivity contribution >= 4 is 43.2 Å². The molecule has 1 aliphatic heterocycles. The molecule has 3 aromatic carbocycles. The van der Waals surface area contributed by atoms with Gasteiger partial charge >= 0.3 is 0 Å². The molecule has 0 aliphatic carbocycles. The van der Waals surface area contributed by atoms with Gasteiger partial charge in [0.25, 0.3) is 5.91 Å². The fraction of sp³-hybridized carbons (Fsp3) is 0.231. The molecule has 1 atom stereocenters. The molecule has 0 bridgehead atoms. The van der Waals surface area contributed by atoms with Crippen molar-refractivity contribution in [1.82, 2.24) is 9.29 Å². The van der Waals surface area contributed by atoms with Gasteiger partial charge in [-0.1, -0.05) is 18.6 Å². The molecule has 34 heavy (non-hydrogen) atoms. The molecule has 2 heterocycles. The molecular weight excluding hydrogens is 466 g/mol. The zero-order valence-electron chi connectivity index (χ0n) is 18.8. The highest BCUT2D eigenvalue weighted by Crippen LogP contribution is 2.31. The Bertz CT molecular complexity index is 1400. The summed E-state index contributed by atoms with van der Waals surface area (Å²) in [4.78, 5) is 17.6. The lowest BCUT2D eigenvalue weighted by Crippen LogP contribution is -2.41. The molecule has 4 aromatic rings. The first-order chi connectivity index (χ1) is 16.4. The van der Waals surface area contributed by atoms with E-state index in [2.05, 4.69) is 16.4 Å². The summed E-state index contributed by atoms with van der Waals surface area (Å²) in [6.45, 7) is 2.49. The van der Waals surface area contributed by atoms with Gasteiger partial charge < -0.3 is 5.32 Å². The van der Waals surface area contributed by atoms with Crippen LogP contribution in [-0.2, 0) is 10.0 Å². The van der Waals surface area contributed by atoms with Gasteiger partial charge in [0.15, 0.2) is 0 Å². The largest absolute Gasteiger partial charge is 0.322 e. The number of nitrogens with one attached hydrogen (secondary N) is 1. The molecule has 1 saturated heterocycles. The summed E-state index contributed by atoms with van der Waals surface area (Å²) < 4.78 is 28.7. The van der Waals surface area contributed by atoms with E-state index < -0.39 is 10.0 Å². The summed E-state index contributed by atoms with van der Waals surface area (Å²) in [5, 5.41) is 3.81. The van der Waals surface area contributed by atoms with Gasteiger partial charge in [0, 0.05) is 29.4 Å². The van der Waals surface area contributed by atoms with E-state index in [1.54, 1.807) is 27.8 Å². The summed E-state index contributed by atoms with van der Waals surface area (Å²) in [7, 11) is -3.56. The van der Waals surface area contributed by atoms with Gasteiger partial charge in [-0.05, 0) is 80.4 Å². The number of hydrogen-bond acceptors (Lipinski definition) is 5. The summed E-state index contributed by atoms with van der Waals surface area (Å²) >= 11 is 1.63. The molecule has 1 N–H and O–H groups in total. The number of amides is 1. The Balaban J connectivity index is 1.28. The van der Waals surface area contributed by atoms with E-state index in [9.17, 15) is 13.2 Å². The molecule has 1 aromatic heterocycles. The number of rotatable bonds is 5. The molecule has 0 spiro atoms. The molecule has 8 heteroatoms. The maximum absolute atomic E-state index is 13.0. The van der Waals surface area contributed by atoms with Crippen molar-refractivity contribution in [2.24, 2.45) is 0 Å². The summed E-state index contributed by atoms with van der Waals surface area (Å²) in [5.41, 5.74) is 3.02. The first kappa shape index (κ1) is 22.7. The minimum atomic E-state index is -3.56. The number of carbonyl (C=O) groups is 1. The molecule has 6 nitrogen and oxygen atoms in total. The molecule has 0 saturated carbocycles. The van der Waals surface area contributed by atoms with Crippen LogP contribution < -0.4 is 5.32 Å². The lowest BCUT2D eigenvalue weighted by atomic mass is 10.1. The van der Waals surface area contributed by atoms with Crippen LogP contribution in [0.4, 0.5) is 5.69 Å². The van der Waals surface area contributed by atoms with Gasteiger partial charge in [-0.2, -0.15) is 4.31 Å². The monoisotopic (exact) mass is 491 g/mol. The molecular formula is C26H25N3O3S2. The minimum absolute atomic E-state index is 0.00698. The number of nitrogens with zero attached hydrogens (tertiary/aromatic N) is 2. The molecule has 174 valence electrons. The number of benzene rings is 3. The van der Waals surface area contributed by atoms with Crippen LogP contribution in [0, 0.1) is 0 Å². The number of thiazole rings is 1. The van der Waals surface area contributed by atoms with Crippen LogP contribution in [0.2, 0.25) is 0 Å². The smallest absolute Gasteiger partial charge is 0.255 e. The Morgan fingerprint density at radius 3 is 2.44 bits per heavy atom. The predicted octanol–water partition coefficient (Wildman–Crippen LogP) is 5.78. The van der Waals surface area contributed by atoms with Crippen molar-refractivity contribution < 1.29 is 13.2 Å². The Kier molecular flexibility index (Phi) is 6.20. The third kappa shape index (κ3) is 4.49. The van der Waals surface area contributed by atoms with Crippen LogP contribution in [0.15, 0.2) is 77.7 Å².